The normalized spacial score (nSPS) is 12.6. The lowest BCUT2D eigenvalue weighted by Gasteiger charge is -2.11. The van der Waals surface area contributed by atoms with E-state index >= 15 is 0 Å². The molecule has 1 atom stereocenters. The highest BCUT2D eigenvalue weighted by Gasteiger charge is 2.09. The molecule has 3 nitrogen and oxygen atoms in total. The largest absolute Gasteiger partial charge is 0.370 e. The zero-order chi connectivity index (χ0) is 13.0. The Balaban J connectivity index is 2.43. The molecule has 0 bridgehead atoms. The summed E-state index contributed by atoms with van der Waals surface area (Å²) >= 11 is 1.74. The fourth-order valence-corrected chi connectivity index (χ4v) is 2.50. The fraction of sp³-hybridized carbons (Fsp3) is 0.429. The average Bonchev–Trinajstić information content (AvgIpc) is 2.39. The van der Waals surface area contributed by atoms with E-state index in [2.05, 4.69) is 42.1 Å². The van der Waals surface area contributed by atoms with Crippen LogP contribution in [0.5, 0.6) is 0 Å². The predicted molar refractivity (Wildman–Crippen MR) is 79.3 cm³/mol. The van der Waals surface area contributed by atoms with Gasteiger partial charge in [0.1, 0.15) is 5.82 Å². The van der Waals surface area contributed by atoms with Gasteiger partial charge >= 0.3 is 0 Å². The molecule has 0 radical (unpaired) electrons. The summed E-state index contributed by atoms with van der Waals surface area (Å²) in [7, 11) is 0. The van der Waals surface area contributed by atoms with Crippen molar-refractivity contribution in [1.82, 2.24) is 9.97 Å². The molecule has 0 saturated carbocycles. The van der Waals surface area contributed by atoms with Crippen molar-refractivity contribution in [1.29, 1.82) is 0 Å². The number of hydrogen-bond donors (Lipinski definition) is 1. The molecule has 18 heavy (non-hydrogen) atoms. The van der Waals surface area contributed by atoms with Crippen LogP contribution in [0.2, 0.25) is 0 Å². The minimum Gasteiger partial charge on any atom is -0.370 e. The number of nitrogens with zero attached hydrogens (tertiary/aromatic N) is 2. The molecule has 1 heterocycles. The van der Waals surface area contributed by atoms with Gasteiger partial charge < -0.3 is 5.32 Å². The molecule has 1 N–H and O–H groups in total. The van der Waals surface area contributed by atoms with Crippen molar-refractivity contribution in [3.8, 4) is 0 Å². The van der Waals surface area contributed by atoms with Crippen LogP contribution in [0.15, 0.2) is 29.4 Å². The first kappa shape index (κ1) is 13.1. The zero-order valence-electron chi connectivity index (χ0n) is 11.1. The summed E-state index contributed by atoms with van der Waals surface area (Å²) in [6.45, 7) is 7.34. The van der Waals surface area contributed by atoms with Crippen LogP contribution in [-0.4, -0.2) is 21.8 Å². The Kier molecular flexibility index (Phi) is 4.42. The van der Waals surface area contributed by atoms with Crippen LogP contribution in [0.3, 0.4) is 0 Å². The molecule has 2 aromatic rings. The maximum absolute atomic E-state index is 4.62. The van der Waals surface area contributed by atoms with Crippen molar-refractivity contribution < 1.29 is 0 Å². The molecule has 1 aromatic carbocycles. The van der Waals surface area contributed by atoms with Gasteiger partial charge in [-0.1, -0.05) is 37.7 Å². The van der Waals surface area contributed by atoms with Crippen molar-refractivity contribution in [2.24, 2.45) is 0 Å². The van der Waals surface area contributed by atoms with E-state index < -0.39 is 0 Å². The number of hydrogen-bond acceptors (Lipinski definition) is 4. The smallest absolute Gasteiger partial charge is 0.190 e. The molecule has 2 rings (SSSR count). The van der Waals surface area contributed by atoms with E-state index in [0.717, 1.165) is 34.8 Å². The summed E-state index contributed by atoms with van der Waals surface area (Å²) in [5.74, 6) is 0.939. The van der Waals surface area contributed by atoms with Crippen LogP contribution in [0.25, 0.3) is 10.9 Å². The fourth-order valence-electron chi connectivity index (χ4n) is 1.67. The van der Waals surface area contributed by atoms with Gasteiger partial charge in [0.25, 0.3) is 0 Å². The summed E-state index contributed by atoms with van der Waals surface area (Å²) in [5.41, 5.74) is 1.01. The van der Waals surface area contributed by atoms with Crippen LogP contribution in [0.4, 0.5) is 5.82 Å². The van der Waals surface area contributed by atoms with Crippen LogP contribution in [-0.2, 0) is 0 Å². The van der Waals surface area contributed by atoms with Crippen molar-refractivity contribution in [2.45, 2.75) is 37.6 Å². The molecule has 0 aliphatic rings. The SMILES string of the molecule is CCNc1nc(SC(C)CC)nc2ccccc12. The van der Waals surface area contributed by atoms with E-state index in [1.807, 2.05) is 18.2 Å². The average molecular weight is 261 g/mol. The molecular formula is C14H19N3S. The topological polar surface area (TPSA) is 37.8 Å². The van der Waals surface area contributed by atoms with Gasteiger partial charge in [-0.05, 0) is 25.5 Å². The third-order valence-corrected chi connectivity index (χ3v) is 3.94. The molecular weight excluding hydrogens is 242 g/mol. The monoisotopic (exact) mass is 261 g/mol. The number of aromatic nitrogens is 2. The Bertz CT molecular complexity index is 527. The highest BCUT2D eigenvalue weighted by Crippen LogP contribution is 2.27. The second kappa shape index (κ2) is 6.05. The van der Waals surface area contributed by atoms with Gasteiger partial charge in [0, 0.05) is 17.2 Å². The van der Waals surface area contributed by atoms with Gasteiger partial charge in [0.2, 0.25) is 0 Å². The number of benzene rings is 1. The minimum atomic E-state index is 0.542. The number of fused-ring (bicyclic) bond motifs is 1. The van der Waals surface area contributed by atoms with E-state index in [1.165, 1.54) is 0 Å². The van der Waals surface area contributed by atoms with Crippen LogP contribution >= 0.6 is 11.8 Å². The number of thioether (sulfide) groups is 1. The molecule has 0 spiro atoms. The first-order valence-electron chi connectivity index (χ1n) is 6.41. The first-order chi connectivity index (χ1) is 8.74. The molecule has 96 valence electrons. The second-order valence-electron chi connectivity index (χ2n) is 4.24. The second-order valence-corrected chi connectivity index (χ2v) is 5.64. The summed E-state index contributed by atoms with van der Waals surface area (Å²) in [5, 5.41) is 5.81. The maximum atomic E-state index is 4.62. The lowest BCUT2D eigenvalue weighted by Crippen LogP contribution is -2.04. The summed E-state index contributed by atoms with van der Waals surface area (Å²) in [4.78, 5) is 9.24. The molecule has 0 aliphatic carbocycles. The Morgan fingerprint density at radius 1 is 1.22 bits per heavy atom. The van der Waals surface area contributed by atoms with E-state index in [0.29, 0.717) is 5.25 Å². The van der Waals surface area contributed by atoms with Gasteiger partial charge in [-0.25, -0.2) is 9.97 Å². The van der Waals surface area contributed by atoms with E-state index in [1.54, 1.807) is 11.8 Å². The van der Waals surface area contributed by atoms with Crippen molar-refractivity contribution in [3.63, 3.8) is 0 Å². The van der Waals surface area contributed by atoms with Gasteiger partial charge in [-0.3, -0.25) is 0 Å². The zero-order valence-corrected chi connectivity index (χ0v) is 11.9. The minimum absolute atomic E-state index is 0.542. The van der Waals surface area contributed by atoms with Gasteiger partial charge in [0.05, 0.1) is 5.52 Å². The van der Waals surface area contributed by atoms with Crippen LogP contribution in [0, 0.1) is 0 Å². The molecule has 1 aromatic heterocycles. The Morgan fingerprint density at radius 2 is 2.00 bits per heavy atom. The Morgan fingerprint density at radius 3 is 2.72 bits per heavy atom. The Labute approximate surface area is 112 Å². The summed E-state index contributed by atoms with van der Waals surface area (Å²) in [6.07, 6.45) is 1.12. The standard InChI is InChI=1S/C14H19N3S/c1-4-10(3)18-14-16-12-9-7-6-8-11(12)13(17-14)15-5-2/h6-10H,4-5H2,1-3H3,(H,15,16,17). The number of anilines is 1. The molecule has 0 amide bonds. The molecule has 4 heteroatoms. The van der Waals surface area contributed by atoms with Crippen molar-refractivity contribution in [2.75, 3.05) is 11.9 Å². The highest BCUT2D eigenvalue weighted by molar-refractivity contribution is 7.99. The summed E-state index contributed by atoms with van der Waals surface area (Å²) < 4.78 is 0. The van der Waals surface area contributed by atoms with Crippen molar-refractivity contribution in [3.05, 3.63) is 24.3 Å². The third kappa shape index (κ3) is 2.93. The van der Waals surface area contributed by atoms with Crippen LogP contribution < -0.4 is 5.32 Å². The Hall–Kier alpha value is -1.29. The molecule has 0 aliphatic heterocycles. The summed E-state index contributed by atoms with van der Waals surface area (Å²) in [6, 6.07) is 8.14. The molecule has 1 unspecified atom stereocenters. The molecule has 0 saturated heterocycles. The first-order valence-corrected chi connectivity index (χ1v) is 7.29. The van der Waals surface area contributed by atoms with Gasteiger partial charge in [0.15, 0.2) is 5.16 Å². The quantitative estimate of drug-likeness (QED) is 0.653. The third-order valence-electron chi connectivity index (χ3n) is 2.81. The van der Waals surface area contributed by atoms with Gasteiger partial charge in [-0.2, -0.15) is 0 Å². The van der Waals surface area contributed by atoms with E-state index in [9.17, 15) is 0 Å². The van der Waals surface area contributed by atoms with Gasteiger partial charge in [-0.15, -0.1) is 0 Å². The molecule has 0 fully saturated rings. The lowest BCUT2D eigenvalue weighted by atomic mass is 10.2. The van der Waals surface area contributed by atoms with E-state index in [4.69, 9.17) is 0 Å². The number of nitrogens with one attached hydrogen (secondary N) is 1. The van der Waals surface area contributed by atoms with E-state index in [-0.39, 0.29) is 0 Å². The highest BCUT2D eigenvalue weighted by atomic mass is 32.2. The maximum Gasteiger partial charge on any atom is 0.190 e. The number of para-hydroxylation sites is 1. The van der Waals surface area contributed by atoms with Crippen molar-refractivity contribution >= 4 is 28.5 Å². The van der Waals surface area contributed by atoms with Crippen LogP contribution in [0.1, 0.15) is 27.2 Å². The lowest BCUT2D eigenvalue weighted by molar-refractivity contribution is 0.890. The number of rotatable bonds is 5. The predicted octanol–water partition coefficient (Wildman–Crippen LogP) is 3.95.